The molecule has 4 heteroatoms. The summed E-state index contributed by atoms with van der Waals surface area (Å²) >= 11 is 1.88. The second-order valence-electron chi connectivity index (χ2n) is 6.94. The van der Waals surface area contributed by atoms with Crippen molar-refractivity contribution in [2.75, 3.05) is 27.7 Å². The Morgan fingerprint density at radius 2 is 2.00 bits per heavy atom. The Hall–Kier alpha value is -1.75. The van der Waals surface area contributed by atoms with Crippen LogP contribution in [-0.4, -0.2) is 42.5 Å². The number of fused-ring (bicyclic) bond motifs is 3. The highest BCUT2D eigenvalue weighted by molar-refractivity contribution is 7.19. The Labute approximate surface area is 147 Å². The number of thiophene rings is 1. The zero-order chi connectivity index (χ0) is 16.7. The van der Waals surface area contributed by atoms with Gasteiger partial charge >= 0.3 is 0 Å². The Morgan fingerprint density at radius 1 is 1.21 bits per heavy atom. The van der Waals surface area contributed by atoms with E-state index in [4.69, 9.17) is 4.98 Å². The van der Waals surface area contributed by atoms with E-state index in [0.717, 1.165) is 31.7 Å². The minimum Gasteiger partial charge on any atom is -0.304 e. The van der Waals surface area contributed by atoms with Crippen LogP contribution in [0.1, 0.15) is 16.1 Å². The molecular formula is C20H23N3S. The third-order valence-electron chi connectivity index (χ3n) is 4.62. The molecule has 0 N–H and O–H groups in total. The maximum absolute atomic E-state index is 4.99. The number of nitrogens with zero attached hydrogens (tertiary/aromatic N) is 3. The van der Waals surface area contributed by atoms with Gasteiger partial charge in [0.15, 0.2) is 0 Å². The van der Waals surface area contributed by atoms with E-state index in [1.807, 2.05) is 11.3 Å². The molecule has 1 aromatic carbocycles. The molecule has 0 spiro atoms. The lowest BCUT2D eigenvalue weighted by Gasteiger charge is -2.22. The van der Waals surface area contributed by atoms with Crippen molar-refractivity contribution in [3.05, 3.63) is 52.5 Å². The minimum absolute atomic E-state index is 0.873. The zero-order valence-corrected chi connectivity index (χ0v) is 15.4. The molecule has 1 aliphatic heterocycles. The largest absolute Gasteiger partial charge is 0.304 e. The molecule has 1 aliphatic rings. The number of benzene rings is 1. The Morgan fingerprint density at radius 3 is 2.75 bits per heavy atom. The summed E-state index contributed by atoms with van der Waals surface area (Å²) in [5, 5.41) is 1.39. The van der Waals surface area contributed by atoms with Gasteiger partial charge in [0, 0.05) is 29.9 Å². The van der Waals surface area contributed by atoms with Gasteiger partial charge < -0.3 is 9.80 Å². The SMILES string of the molecule is CN(C)Cc1cc(-c2ccccc2)c2c3c(sc2n1)CN(C)CC3. The first-order valence-electron chi connectivity index (χ1n) is 8.44. The Bertz CT molecular complexity index is 867. The highest BCUT2D eigenvalue weighted by Crippen LogP contribution is 2.40. The van der Waals surface area contributed by atoms with Crippen LogP contribution in [0, 0.1) is 0 Å². The number of hydrogen-bond donors (Lipinski definition) is 0. The normalized spacial score (nSPS) is 15.2. The van der Waals surface area contributed by atoms with Crippen molar-refractivity contribution in [1.29, 1.82) is 0 Å². The van der Waals surface area contributed by atoms with E-state index in [-0.39, 0.29) is 0 Å². The molecule has 0 unspecified atom stereocenters. The van der Waals surface area contributed by atoms with Crippen LogP contribution in [0.15, 0.2) is 36.4 Å². The van der Waals surface area contributed by atoms with Gasteiger partial charge in [-0.25, -0.2) is 4.98 Å². The van der Waals surface area contributed by atoms with Gasteiger partial charge in [-0.15, -0.1) is 11.3 Å². The number of likely N-dealkylation sites (N-methyl/N-ethyl adjacent to an activating group) is 1. The molecule has 0 atom stereocenters. The first kappa shape index (κ1) is 15.8. The predicted molar refractivity (Wildman–Crippen MR) is 102 cm³/mol. The molecule has 24 heavy (non-hydrogen) atoms. The van der Waals surface area contributed by atoms with Crippen molar-refractivity contribution < 1.29 is 0 Å². The summed E-state index contributed by atoms with van der Waals surface area (Å²) in [5.41, 5.74) is 5.32. The quantitative estimate of drug-likeness (QED) is 0.720. The van der Waals surface area contributed by atoms with Crippen molar-refractivity contribution >= 4 is 21.6 Å². The van der Waals surface area contributed by atoms with Gasteiger partial charge in [-0.1, -0.05) is 30.3 Å². The summed E-state index contributed by atoms with van der Waals surface area (Å²) in [7, 11) is 6.40. The molecule has 3 aromatic rings. The van der Waals surface area contributed by atoms with Crippen LogP contribution < -0.4 is 0 Å². The third-order valence-corrected chi connectivity index (χ3v) is 5.73. The fourth-order valence-corrected chi connectivity index (χ4v) is 4.87. The fraction of sp³-hybridized carbons (Fsp3) is 0.350. The van der Waals surface area contributed by atoms with Crippen molar-refractivity contribution in [2.24, 2.45) is 0 Å². The number of hydrogen-bond acceptors (Lipinski definition) is 4. The van der Waals surface area contributed by atoms with Crippen molar-refractivity contribution in [3.8, 4) is 11.1 Å². The summed E-state index contributed by atoms with van der Waals surface area (Å²) < 4.78 is 0. The second kappa shape index (κ2) is 6.28. The first-order valence-corrected chi connectivity index (χ1v) is 9.26. The maximum atomic E-state index is 4.99. The topological polar surface area (TPSA) is 19.4 Å². The molecule has 0 amide bonds. The van der Waals surface area contributed by atoms with Crippen LogP contribution >= 0.6 is 11.3 Å². The predicted octanol–water partition coefficient (Wildman–Crippen LogP) is 4.01. The molecule has 0 radical (unpaired) electrons. The van der Waals surface area contributed by atoms with Crippen molar-refractivity contribution in [3.63, 3.8) is 0 Å². The van der Waals surface area contributed by atoms with Crippen molar-refractivity contribution in [1.82, 2.24) is 14.8 Å². The zero-order valence-electron chi connectivity index (χ0n) is 14.5. The maximum Gasteiger partial charge on any atom is 0.124 e. The van der Waals surface area contributed by atoms with Gasteiger partial charge in [0.25, 0.3) is 0 Å². The van der Waals surface area contributed by atoms with Crippen molar-refractivity contribution in [2.45, 2.75) is 19.5 Å². The molecule has 0 bridgehead atoms. The number of aromatic nitrogens is 1. The van der Waals surface area contributed by atoms with Crippen LogP contribution in [-0.2, 0) is 19.5 Å². The molecule has 4 rings (SSSR count). The molecule has 2 aromatic heterocycles. The van der Waals surface area contributed by atoms with Gasteiger partial charge in [0.2, 0.25) is 0 Å². The minimum atomic E-state index is 0.873. The molecule has 0 saturated carbocycles. The molecule has 0 saturated heterocycles. The van der Waals surface area contributed by atoms with E-state index in [2.05, 4.69) is 67.3 Å². The summed E-state index contributed by atoms with van der Waals surface area (Å²) in [5.74, 6) is 0. The van der Waals surface area contributed by atoms with Gasteiger partial charge in [0.05, 0.1) is 5.69 Å². The van der Waals surface area contributed by atoms with Crippen LogP contribution in [0.3, 0.4) is 0 Å². The lowest BCUT2D eigenvalue weighted by molar-refractivity contribution is 0.318. The molecule has 3 heterocycles. The van der Waals surface area contributed by atoms with Crippen LogP contribution in [0.5, 0.6) is 0 Å². The molecule has 124 valence electrons. The molecule has 0 aliphatic carbocycles. The summed E-state index contributed by atoms with van der Waals surface area (Å²) in [4.78, 5) is 12.3. The van der Waals surface area contributed by atoms with E-state index in [1.165, 1.54) is 31.8 Å². The van der Waals surface area contributed by atoms with Gasteiger partial charge in [-0.05, 0) is 50.3 Å². The molecular weight excluding hydrogens is 314 g/mol. The second-order valence-corrected chi connectivity index (χ2v) is 8.02. The summed E-state index contributed by atoms with van der Waals surface area (Å²) in [6.07, 6.45) is 1.13. The van der Waals surface area contributed by atoms with Gasteiger partial charge in [0.1, 0.15) is 4.83 Å². The summed E-state index contributed by atoms with van der Waals surface area (Å²) in [6.45, 7) is 3.05. The first-order chi connectivity index (χ1) is 11.6. The lowest BCUT2D eigenvalue weighted by atomic mass is 9.96. The smallest absolute Gasteiger partial charge is 0.124 e. The van der Waals surface area contributed by atoms with E-state index >= 15 is 0 Å². The average Bonchev–Trinajstić information content (AvgIpc) is 2.91. The standard InChI is InChI=1S/C20H23N3S/c1-22(2)12-15-11-17(14-7-5-4-6-8-14)19-16-9-10-23(3)13-18(16)24-20(19)21-15/h4-8,11H,9-10,12-13H2,1-3H3. The third kappa shape index (κ3) is 2.86. The fourth-order valence-electron chi connectivity index (χ4n) is 3.53. The molecule has 0 fully saturated rings. The van der Waals surface area contributed by atoms with E-state index < -0.39 is 0 Å². The van der Waals surface area contributed by atoms with Crippen LogP contribution in [0.4, 0.5) is 0 Å². The van der Waals surface area contributed by atoms with Gasteiger partial charge in [-0.3, -0.25) is 0 Å². The number of rotatable bonds is 3. The van der Waals surface area contributed by atoms with E-state index in [9.17, 15) is 0 Å². The molecule has 3 nitrogen and oxygen atoms in total. The van der Waals surface area contributed by atoms with Crippen LogP contribution in [0.25, 0.3) is 21.3 Å². The van der Waals surface area contributed by atoms with E-state index in [1.54, 1.807) is 0 Å². The average molecular weight is 337 g/mol. The number of pyridine rings is 1. The van der Waals surface area contributed by atoms with Crippen LogP contribution in [0.2, 0.25) is 0 Å². The van der Waals surface area contributed by atoms with E-state index in [0.29, 0.717) is 0 Å². The highest BCUT2D eigenvalue weighted by atomic mass is 32.1. The van der Waals surface area contributed by atoms with Gasteiger partial charge in [-0.2, -0.15) is 0 Å². The summed E-state index contributed by atoms with van der Waals surface area (Å²) in [6, 6.07) is 13.1. The lowest BCUT2D eigenvalue weighted by Crippen LogP contribution is -2.25. The highest BCUT2D eigenvalue weighted by Gasteiger charge is 2.22. The Kier molecular flexibility index (Phi) is 4.12. The Balaban J connectivity index is 1.96. The monoisotopic (exact) mass is 337 g/mol.